The number of esters is 2. The van der Waals surface area contributed by atoms with Crippen molar-refractivity contribution in [1.82, 2.24) is 10.6 Å². The first-order valence-corrected chi connectivity index (χ1v) is 27.4. The molecule has 4 N–H and O–H groups in total. The highest BCUT2D eigenvalue weighted by Gasteiger charge is 2.24. The Bertz CT molecular complexity index is 2450. The minimum absolute atomic E-state index is 0.0462. The first kappa shape index (κ1) is 62.2. The summed E-state index contributed by atoms with van der Waals surface area (Å²) >= 11 is 6.51. The average molecular weight is 1150 g/mol. The second kappa shape index (κ2) is 34.4. The Kier molecular flexibility index (Phi) is 29.3. The minimum Gasteiger partial charge on any atom is -0.507 e. The van der Waals surface area contributed by atoms with Gasteiger partial charge in [-0.2, -0.15) is 0 Å². The molecule has 0 aliphatic rings. The zero-order valence-electron chi connectivity index (χ0n) is 43.4. The van der Waals surface area contributed by atoms with Crippen molar-refractivity contribution in [2.75, 3.05) is 47.4 Å². The van der Waals surface area contributed by atoms with E-state index >= 15 is 0 Å². The van der Waals surface area contributed by atoms with Crippen molar-refractivity contribution >= 4 is 77.9 Å². The van der Waals surface area contributed by atoms with Crippen LogP contribution < -0.4 is 21.9 Å². The van der Waals surface area contributed by atoms with Gasteiger partial charge in [0.25, 0.3) is 0 Å². The lowest BCUT2D eigenvalue weighted by molar-refractivity contribution is -0.873. The minimum atomic E-state index is -0.604. The number of hydrogen-bond acceptors (Lipinski definition) is 14. The fourth-order valence-corrected chi connectivity index (χ4v) is 8.65. The van der Waals surface area contributed by atoms with E-state index in [1.54, 1.807) is 12.1 Å². The van der Waals surface area contributed by atoms with E-state index < -0.39 is 29.5 Å². The van der Waals surface area contributed by atoms with E-state index in [1.165, 1.54) is 24.3 Å². The number of quaternary nitrogens is 1. The van der Waals surface area contributed by atoms with Crippen LogP contribution in [0.1, 0.15) is 153 Å². The van der Waals surface area contributed by atoms with E-state index in [2.05, 4.69) is 42.5 Å². The second-order valence-corrected chi connectivity index (χ2v) is 20.6. The number of phenols is 2. The predicted octanol–water partition coefficient (Wildman–Crippen LogP) is 12.0. The first-order valence-electron chi connectivity index (χ1n) is 25.8. The summed E-state index contributed by atoms with van der Waals surface area (Å²) in [5.74, 6) is -0.766. The molecule has 1 unspecified atom stereocenters. The van der Waals surface area contributed by atoms with Crippen LogP contribution in [0.3, 0.4) is 0 Å². The van der Waals surface area contributed by atoms with Gasteiger partial charge in [-0.3, -0.25) is 9.59 Å². The maximum absolute atomic E-state index is 12.6. The van der Waals surface area contributed by atoms with Crippen LogP contribution in [0.4, 0.5) is 9.59 Å². The van der Waals surface area contributed by atoms with Gasteiger partial charge in [0.1, 0.15) is 49.0 Å². The lowest BCUT2D eigenvalue weighted by atomic mass is 10.1. The summed E-state index contributed by atoms with van der Waals surface area (Å²) in [5.41, 5.74) is 0.296. The number of ether oxygens (including phenoxy) is 4. The number of halogens is 2. The van der Waals surface area contributed by atoms with Gasteiger partial charge in [-0.15, -0.1) is 0 Å². The van der Waals surface area contributed by atoms with Gasteiger partial charge >= 0.3 is 35.4 Å². The van der Waals surface area contributed by atoms with Gasteiger partial charge < -0.3 is 53.1 Å². The highest BCUT2D eigenvalue weighted by molar-refractivity contribution is 9.11. The molecule has 1 atom stereocenters. The number of nitrogens with zero attached hydrogens (tertiary/aromatic N) is 1. The maximum Gasteiger partial charge on any atom is 0.407 e. The second-order valence-electron chi connectivity index (χ2n) is 18.9. The molecule has 0 saturated carbocycles. The van der Waals surface area contributed by atoms with Crippen LogP contribution in [-0.4, -0.2) is 92.3 Å². The number of benzene rings is 2. The van der Waals surface area contributed by atoms with Crippen LogP contribution >= 0.6 is 31.9 Å². The van der Waals surface area contributed by atoms with Crippen molar-refractivity contribution < 1.29 is 61.7 Å². The Hall–Kier alpha value is -5.14. The van der Waals surface area contributed by atoms with Crippen molar-refractivity contribution in [3.63, 3.8) is 0 Å². The van der Waals surface area contributed by atoms with Crippen LogP contribution in [0.2, 0.25) is 0 Å². The zero-order chi connectivity index (χ0) is 53.6. The molecule has 2 aromatic carbocycles. The number of phenolic OH excluding ortho intramolecular Hbond substituents is 2. The number of unbranched alkanes of at least 4 members (excludes halogenated alkanes) is 16. The summed E-state index contributed by atoms with van der Waals surface area (Å²) in [4.78, 5) is 73.5. The maximum atomic E-state index is 12.6. The van der Waals surface area contributed by atoms with Crippen molar-refractivity contribution in [2.45, 2.75) is 162 Å². The molecule has 0 spiro atoms. The van der Waals surface area contributed by atoms with Gasteiger partial charge in [-0.05, 0) is 69.7 Å². The summed E-state index contributed by atoms with van der Waals surface area (Å²) in [6, 6.07) is 8.53. The molecule has 0 aliphatic carbocycles. The van der Waals surface area contributed by atoms with Crippen molar-refractivity contribution in [3.8, 4) is 11.5 Å². The van der Waals surface area contributed by atoms with Crippen LogP contribution in [0.5, 0.6) is 11.5 Å². The SMILES string of the molecule is CC.C[N+](C)(C)CC(COC(=O)NCCCCCCCCCCCC(=O)OCc1cc(=O)oc2cc(O)c(Br)cc12)OC(=O)NCCCCCCCCCCCC(=O)OCc1cc(=O)oc2cc(O)c(Br)cc12. The van der Waals surface area contributed by atoms with Crippen LogP contribution in [0, 0.1) is 0 Å². The highest BCUT2D eigenvalue weighted by Crippen LogP contribution is 2.32. The fourth-order valence-electron chi connectivity index (χ4n) is 7.96. The summed E-state index contributed by atoms with van der Waals surface area (Å²) < 4.78 is 33.6. The normalized spacial score (nSPS) is 11.7. The smallest absolute Gasteiger partial charge is 0.407 e. The van der Waals surface area contributed by atoms with Gasteiger partial charge in [0.2, 0.25) is 0 Å². The molecule has 0 radical (unpaired) electrons. The van der Waals surface area contributed by atoms with Crippen LogP contribution in [0.15, 0.2) is 63.8 Å². The number of nitrogens with one attached hydrogen (secondary N) is 2. The third-order valence-corrected chi connectivity index (χ3v) is 12.9. The molecule has 73 heavy (non-hydrogen) atoms. The van der Waals surface area contributed by atoms with Gasteiger partial charge in [0, 0.05) is 72.1 Å². The molecule has 0 bridgehead atoms. The quantitative estimate of drug-likeness (QED) is 0.0114. The average Bonchev–Trinajstić information content (AvgIpc) is 3.33. The van der Waals surface area contributed by atoms with E-state index in [0.29, 0.717) is 67.8 Å². The summed E-state index contributed by atoms with van der Waals surface area (Å²) in [7, 11) is 5.93. The fraction of sp³-hybridized carbons (Fsp3) is 0.593. The monoisotopic (exact) mass is 1150 g/mol. The lowest BCUT2D eigenvalue weighted by Crippen LogP contribution is -2.46. The third-order valence-electron chi connectivity index (χ3n) is 11.7. The lowest BCUT2D eigenvalue weighted by Gasteiger charge is -2.28. The van der Waals surface area contributed by atoms with Gasteiger partial charge in [-0.25, -0.2) is 19.2 Å². The third kappa shape index (κ3) is 25.6. The molecule has 17 nitrogen and oxygen atoms in total. The Balaban J connectivity index is 0.00000694. The molecule has 406 valence electrons. The Morgan fingerprint density at radius 1 is 0.548 bits per heavy atom. The van der Waals surface area contributed by atoms with Gasteiger partial charge in [-0.1, -0.05) is 104 Å². The number of fused-ring (bicyclic) bond motifs is 2. The molecule has 4 rings (SSSR count). The molecule has 0 saturated heterocycles. The number of rotatable bonds is 33. The Labute approximate surface area is 445 Å². The number of amides is 2. The van der Waals surface area contributed by atoms with Gasteiger partial charge in [0.15, 0.2) is 6.10 Å². The van der Waals surface area contributed by atoms with Crippen molar-refractivity contribution in [3.05, 3.63) is 77.3 Å². The number of carbonyl (C=O) groups excluding carboxylic acids is 4. The summed E-state index contributed by atoms with van der Waals surface area (Å²) in [6.07, 6.45) is 16.5. The van der Waals surface area contributed by atoms with Crippen LogP contribution in [0.25, 0.3) is 21.9 Å². The number of hydrogen-bond donors (Lipinski definition) is 4. The largest absolute Gasteiger partial charge is 0.507 e. The highest BCUT2D eigenvalue weighted by atomic mass is 79.9. The molecule has 2 aromatic heterocycles. The standard InChI is InChI=1S/C52H71Br2N3O14.C2H6/c1-57(2,3)32-38(69-52(65)56-25-21-17-13-9-5-7-11-15-19-23-48(61)67-34-37-27-50(63)71-46-31-44(59)42(54)29-40(37)46)35-68-51(64)55-24-20-16-12-8-4-6-10-14-18-22-47(60)66-33-36-26-49(62)70-45-30-43(58)41(53)28-39(36)45;1-2/h26-31,38H,4-25,32-35H2,1-3H3,(H3-,55,56,58,59,62,63,64,65);1-2H3/p+1. The first-order chi connectivity index (χ1) is 35.0. The van der Waals surface area contributed by atoms with Crippen LogP contribution in [-0.2, 0) is 41.8 Å². The molecule has 0 fully saturated rings. The molecule has 2 amide bonds. The van der Waals surface area contributed by atoms with Crippen molar-refractivity contribution in [2.24, 2.45) is 0 Å². The summed E-state index contributed by atoms with van der Waals surface area (Å²) in [5, 5.41) is 26.5. The van der Waals surface area contributed by atoms with Gasteiger partial charge in [0.05, 0.1) is 30.1 Å². The molecule has 4 aromatic rings. The molecular formula is C54H78Br2N3O14+. The molecule has 19 heteroatoms. The van der Waals surface area contributed by atoms with E-state index in [1.807, 2.05) is 35.0 Å². The number of aromatic hydroxyl groups is 2. The van der Waals surface area contributed by atoms with E-state index in [9.17, 15) is 39.0 Å². The topological polar surface area (TPSA) is 230 Å². The molecular weight excluding hydrogens is 1070 g/mol. The van der Waals surface area contributed by atoms with Crippen molar-refractivity contribution in [1.29, 1.82) is 0 Å². The number of carbonyl (C=O) groups is 4. The Morgan fingerprint density at radius 3 is 1.32 bits per heavy atom. The Morgan fingerprint density at radius 2 is 0.918 bits per heavy atom. The molecule has 2 heterocycles. The zero-order valence-corrected chi connectivity index (χ0v) is 46.6. The van der Waals surface area contributed by atoms with E-state index in [4.69, 9.17) is 27.8 Å². The van der Waals surface area contributed by atoms with E-state index in [-0.39, 0.29) is 54.4 Å². The predicted molar refractivity (Wildman–Crippen MR) is 287 cm³/mol. The van der Waals surface area contributed by atoms with E-state index in [0.717, 1.165) is 116 Å². The number of likely N-dealkylation sites (N-methyl/N-ethyl adjacent to an activating group) is 1. The molecule has 0 aliphatic heterocycles. The number of alkyl carbamates (subject to hydrolysis) is 2. The summed E-state index contributed by atoms with van der Waals surface area (Å²) in [6.45, 7) is 5.30.